The molecule has 1 aromatic heterocycles. The summed E-state index contributed by atoms with van der Waals surface area (Å²) in [5.74, 6) is 0.0783. The maximum absolute atomic E-state index is 11.8. The lowest BCUT2D eigenvalue weighted by Crippen LogP contribution is -2.39. The van der Waals surface area contributed by atoms with Crippen LogP contribution in [0.2, 0.25) is 0 Å². The van der Waals surface area contributed by atoms with Crippen molar-refractivity contribution in [3.63, 3.8) is 0 Å². The Labute approximate surface area is 123 Å². The highest BCUT2D eigenvalue weighted by Gasteiger charge is 2.24. The van der Waals surface area contributed by atoms with Gasteiger partial charge >= 0.3 is 5.97 Å². The highest BCUT2D eigenvalue weighted by atomic mass is 16.4. The molecule has 21 heavy (non-hydrogen) atoms. The molecule has 1 aliphatic heterocycles. The van der Waals surface area contributed by atoms with Gasteiger partial charge in [-0.15, -0.1) is 0 Å². The largest absolute Gasteiger partial charge is 0.481 e. The van der Waals surface area contributed by atoms with Gasteiger partial charge in [0.1, 0.15) is 5.82 Å². The van der Waals surface area contributed by atoms with E-state index in [4.69, 9.17) is 5.11 Å². The zero-order valence-corrected chi connectivity index (χ0v) is 11.8. The van der Waals surface area contributed by atoms with E-state index in [0.717, 1.165) is 19.5 Å². The van der Waals surface area contributed by atoms with Gasteiger partial charge in [-0.25, -0.2) is 4.98 Å². The Morgan fingerprint density at radius 3 is 3.00 bits per heavy atom. The first kappa shape index (κ1) is 15.2. The van der Waals surface area contributed by atoms with E-state index in [-0.39, 0.29) is 12.3 Å². The fourth-order valence-corrected chi connectivity index (χ4v) is 2.43. The molecule has 1 amide bonds. The molecular weight excluding hydrogens is 272 g/mol. The molecule has 0 aromatic carbocycles. The van der Waals surface area contributed by atoms with Gasteiger partial charge in [0.2, 0.25) is 0 Å². The molecule has 0 aliphatic carbocycles. The quantitative estimate of drug-likeness (QED) is 0.641. The van der Waals surface area contributed by atoms with Gasteiger partial charge in [-0.1, -0.05) is 6.07 Å². The number of pyridine rings is 1. The Morgan fingerprint density at radius 1 is 1.43 bits per heavy atom. The molecule has 1 aromatic rings. The van der Waals surface area contributed by atoms with Crippen LogP contribution in [0.4, 0.5) is 5.82 Å². The lowest BCUT2D eigenvalue weighted by atomic mass is 10.0. The first-order chi connectivity index (χ1) is 10.1. The molecule has 1 saturated heterocycles. The van der Waals surface area contributed by atoms with Crippen molar-refractivity contribution in [3.05, 3.63) is 24.4 Å². The van der Waals surface area contributed by atoms with E-state index < -0.39 is 5.97 Å². The summed E-state index contributed by atoms with van der Waals surface area (Å²) < 4.78 is 0. The minimum Gasteiger partial charge on any atom is -0.481 e. The normalized spacial score (nSPS) is 18.4. The Hall–Kier alpha value is -2.15. The van der Waals surface area contributed by atoms with Gasteiger partial charge in [0.05, 0.1) is 6.54 Å². The fraction of sp³-hybridized carbons (Fsp3) is 0.500. The van der Waals surface area contributed by atoms with Crippen LogP contribution in [0.15, 0.2) is 24.4 Å². The number of rotatable bonds is 7. The van der Waals surface area contributed by atoms with Crippen molar-refractivity contribution in [2.75, 3.05) is 25.1 Å². The Morgan fingerprint density at radius 2 is 2.29 bits per heavy atom. The summed E-state index contributed by atoms with van der Waals surface area (Å²) in [6, 6.07) is 5.39. The topological polar surface area (TPSA) is 94.6 Å². The zero-order chi connectivity index (χ0) is 15.1. The molecule has 0 radical (unpaired) electrons. The lowest BCUT2D eigenvalue weighted by molar-refractivity contribution is -0.137. The third kappa shape index (κ3) is 5.39. The number of likely N-dealkylation sites (tertiary alicyclic amines) is 1. The van der Waals surface area contributed by atoms with E-state index in [1.165, 1.54) is 0 Å². The molecule has 0 spiro atoms. The summed E-state index contributed by atoms with van der Waals surface area (Å²) in [4.78, 5) is 28.4. The predicted octanol–water partition coefficient (Wildman–Crippen LogP) is 0.711. The number of hydrogen-bond acceptors (Lipinski definition) is 5. The van der Waals surface area contributed by atoms with Gasteiger partial charge in [0.25, 0.3) is 5.91 Å². The number of hydrogen-bond donors (Lipinski definition) is 3. The predicted molar refractivity (Wildman–Crippen MR) is 77.4 cm³/mol. The van der Waals surface area contributed by atoms with Crippen molar-refractivity contribution in [2.45, 2.75) is 19.3 Å². The molecule has 0 bridgehead atoms. The highest BCUT2D eigenvalue weighted by molar-refractivity contribution is 5.79. The van der Waals surface area contributed by atoms with Crippen LogP contribution in [0.1, 0.15) is 19.3 Å². The van der Waals surface area contributed by atoms with E-state index in [1.807, 2.05) is 11.0 Å². The van der Waals surface area contributed by atoms with Crippen molar-refractivity contribution < 1.29 is 14.7 Å². The van der Waals surface area contributed by atoms with Crippen LogP contribution in [-0.2, 0) is 9.59 Å². The van der Waals surface area contributed by atoms with Crippen LogP contribution in [0.5, 0.6) is 0 Å². The van der Waals surface area contributed by atoms with Gasteiger partial charge in [-0.3, -0.25) is 25.3 Å². The van der Waals surface area contributed by atoms with Crippen LogP contribution < -0.4 is 10.9 Å². The van der Waals surface area contributed by atoms with Crippen molar-refractivity contribution >= 4 is 17.7 Å². The SMILES string of the molecule is O=C(O)CCC1CCN(CC(=O)NNc2ccccn2)C1. The number of aliphatic carboxylic acids is 1. The number of amides is 1. The van der Waals surface area contributed by atoms with Crippen LogP contribution in [-0.4, -0.2) is 46.5 Å². The van der Waals surface area contributed by atoms with Gasteiger partial charge in [0.15, 0.2) is 0 Å². The molecule has 1 fully saturated rings. The molecule has 2 rings (SSSR count). The number of anilines is 1. The number of carbonyl (C=O) groups is 2. The average Bonchev–Trinajstić information content (AvgIpc) is 2.91. The number of carboxylic acid groups (broad SMARTS) is 1. The minimum absolute atomic E-state index is 0.125. The Kier molecular flexibility index (Phi) is 5.51. The molecule has 1 atom stereocenters. The second-order valence-electron chi connectivity index (χ2n) is 5.21. The number of nitrogens with zero attached hydrogens (tertiary/aromatic N) is 2. The fourth-order valence-electron chi connectivity index (χ4n) is 2.43. The van der Waals surface area contributed by atoms with Crippen molar-refractivity contribution in [2.24, 2.45) is 5.92 Å². The molecule has 1 aliphatic rings. The number of aromatic nitrogens is 1. The number of nitrogens with one attached hydrogen (secondary N) is 2. The van der Waals surface area contributed by atoms with Gasteiger partial charge < -0.3 is 5.11 Å². The Balaban J connectivity index is 1.66. The van der Waals surface area contributed by atoms with Crippen LogP contribution >= 0.6 is 0 Å². The Bertz CT molecular complexity index is 480. The summed E-state index contributed by atoms with van der Waals surface area (Å²) in [6.07, 6.45) is 3.47. The summed E-state index contributed by atoms with van der Waals surface area (Å²) in [6.45, 7) is 1.93. The maximum atomic E-state index is 11.8. The molecule has 7 heteroatoms. The summed E-state index contributed by atoms with van der Waals surface area (Å²) >= 11 is 0. The monoisotopic (exact) mass is 292 g/mol. The second-order valence-corrected chi connectivity index (χ2v) is 5.21. The van der Waals surface area contributed by atoms with Crippen molar-refractivity contribution in [1.29, 1.82) is 0 Å². The smallest absolute Gasteiger partial charge is 0.303 e. The summed E-state index contributed by atoms with van der Waals surface area (Å²) in [5, 5.41) is 8.67. The van der Waals surface area contributed by atoms with E-state index in [2.05, 4.69) is 15.8 Å². The summed E-state index contributed by atoms with van der Waals surface area (Å²) in [5.41, 5.74) is 5.36. The van der Waals surface area contributed by atoms with E-state index >= 15 is 0 Å². The molecule has 2 heterocycles. The summed E-state index contributed by atoms with van der Waals surface area (Å²) in [7, 11) is 0. The molecule has 1 unspecified atom stereocenters. The van der Waals surface area contributed by atoms with Crippen molar-refractivity contribution in [1.82, 2.24) is 15.3 Å². The first-order valence-electron chi connectivity index (χ1n) is 7.03. The number of hydrazine groups is 1. The van der Waals surface area contributed by atoms with Crippen LogP contribution in [0.3, 0.4) is 0 Å². The maximum Gasteiger partial charge on any atom is 0.303 e. The number of carbonyl (C=O) groups excluding carboxylic acids is 1. The second kappa shape index (κ2) is 7.58. The molecular formula is C14H20N4O3. The van der Waals surface area contributed by atoms with E-state index in [0.29, 0.717) is 24.7 Å². The standard InChI is InChI=1S/C14H20N4O3/c19-13(17-16-12-3-1-2-7-15-12)10-18-8-6-11(9-18)4-5-14(20)21/h1-3,7,11H,4-6,8-10H2,(H,15,16)(H,17,19)(H,20,21). The molecule has 7 nitrogen and oxygen atoms in total. The molecule has 114 valence electrons. The van der Waals surface area contributed by atoms with E-state index in [1.54, 1.807) is 18.3 Å². The third-order valence-electron chi connectivity index (χ3n) is 3.50. The molecule has 0 saturated carbocycles. The minimum atomic E-state index is -0.759. The molecule has 3 N–H and O–H groups in total. The van der Waals surface area contributed by atoms with Gasteiger partial charge in [-0.2, -0.15) is 0 Å². The third-order valence-corrected chi connectivity index (χ3v) is 3.50. The zero-order valence-electron chi connectivity index (χ0n) is 11.8. The van der Waals surface area contributed by atoms with Crippen LogP contribution in [0, 0.1) is 5.92 Å². The van der Waals surface area contributed by atoms with Crippen LogP contribution in [0.25, 0.3) is 0 Å². The number of carboxylic acids is 1. The van der Waals surface area contributed by atoms with Gasteiger partial charge in [0, 0.05) is 19.2 Å². The highest BCUT2D eigenvalue weighted by Crippen LogP contribution is 2.20. The van der Waals surface area contributed by atoms with E-state index in [9.17, 15) is 9.59 Å². The average molecular weight is 292 g/mol. The van der Waals surface area contributed by atoms with Gasteiger partial charge in [-0.05, 0) is 37.4 Å². The first-order valence-corrected chi connectivity index (χ1v) is 7.03. The lowest BCUT2D eigenvalue weighted by Gasteiger charge is -2.15. The van der Waals surface area contributed by atoms with Crippen molar-refractivity contribution in [3.8, 4) is 0 Å².